The van der Waals surface area contributed by atoms with Crippen LogP contribution >= 0.6 is 0 Å². The van der Waals surface area contributed by atoms with Gasteiger partial charge >= 0.3 is 12.4 Å². The molecule has 6 aliphatic rings. The number of fused-ring (bicyclic) bond motifs is 10. The van der Waals surface area contributed by atoms with Crippen molar-refractivity contribution < 1.29 is 59.1 Å². The van der Waals surface area contributed by atoms with Crippen LogP contribution in [0, 0.1) is 52.4 Å². The molecule has 0 N–H and O–H groups in total. The van der Waals surface area contributed by atoms with Crippen LogP contribution in [0.3, 0.4) is 0 Å². The summed E-state index contributed by atoms with van der Waals surface area (Å²) in [5.41, 5.74) is -7.00. The molecule has 4 amide bonds. The Bertz CT molecular complexity index is 2510. The molecular weight excluding hydrogens is 951 g/mol. The Balaban J connectivity index is 0.000000206. The molecule has 4 unspecified atom stereocenters. The lowest BCUT2D eigenvalue weighted by Gasteiger charge is -2.38. The van der Waals surface area contributed by atoms with Gasteiger partial charge in [0.2, 0.25) is 23.6 Å². The summed E-state index contributed by atoms with van der Waals surface area (Å²) in [4.78, 5) is 58.9. The zero-order chi connectivity index (χ0) is 52.4. The van der Waals surface area contributed by atoms with Crippen LogP contribution in [0.1, 0.15) is 91.3 Å². The fraction of sp³-hybridized carbons (Fsp3) is 0.569. The van der Waals surface area contributed by atoms with Crippen molar-refractivity contribution in [2.75, 3.05) is 23.0 Å². The van der Waals surface area contributed by atoms with Gasteiger partial charge in [-0.15, -0.1) is 0 Å². The number of carbonyl (C=O) groups excluding carboxylic acids is 4. The van der Waals surface area contributed by atoms with Crippen molar-refractivity contribution in [3.8, 4) is 6.07 Å². The van der Waals surface area contributed by atoms with E-state index in [0.717, 1.165) is 28.0 Å². The molecular formula is C51H60F6N4O7Si2. The number of nitriles is 1. The zero-order valence-corrected chi connectivity index (χ0v) is 43.5. The fourth-order valence-electron chi connectivity index (χ4n) is 10.9. The lowest BCUT2D eigenvalue weighted by atomic mass is 9.71. The minimum absolute atomic E-state index is 0.00655. The molecule has 376 valence electrons. The highest BCUT2D eigenvalue weighted by Gasteiger charge is 2.73. The first-order chi connectivity index (χ1) is 31.9. The van der Waals surface area contributed by atoms with Gasteiger partial charge in [-0.05, 0) is 91.8 Å². The number of alkyl halides is 6. The summed E-state index contributed by atoms with van der Waals surface area (Å²) in [6, 6.07) is 7.45. The summed E-state index contributed by atoms with van der Waals surface area (Å²) in [6.45, 7) is 32.9. The van der Waals surface area contributed by atoms with E-state index < -0.39 is 121 Å². The van der Waals surface area contributed by atoms with Crippen molar-refractivity contribution in [3.05, 3.63) is 88.8 Å². The number of ether oxygens (including phenoxy) is 1. The van der Waals surface area contributed by atoms with Crippen LogP contribution in [0.5, 0.6) is 0 Å². The van der Waals surface area contributed by atoms with Crippen LogP contribution in [0.15, 0.2) is 60.7 Å². The monoisotopic (exact) mass is 1010 g/mol. The lowest BCUT2D eigenvalue weighted by Crippen LogP contribution is -2.44. The quantitative estimate of drug-likeness (QED) is 0.0756. The Hall–Kier alpha value is -4.93. The number of carbonyl (C=O) groups is 4. The molecule has 4 heterocycles. The molecule has 0 aromatic heterocycles. The summed E-state index contributed by atoms with van der Waals surface area (Å²) < 4.78 is 100. The van der Waals surface area contributed by atoms with Crippen molar-refractivity contribution in [1.82, 2.24) is 0 Å². The molecule has 70 heavy (non-hydrogen) atoms. The van der Waals surface area contributed by atoms with Crippen LogP contribution in [0.2, 0.25) is 36.3 Å². The molecule has 8 rings (SSSR count). The first kappa shape index (κ1) is 52.9. The number of halogens is 6. The summed E-state index contributed by atoms with van der Waals surface area (Å²) >= 11 is 0. The first-order valence-corrected chi connectivity index (χ1v) is 29.1. The van der Waals surface area contributed by atoms with Crippen LogP contribution in [0.4, 0.5) is 43.4 Å². The zero-order valence-electron chi connectivity index (χ0n) is 41.5. The lowest BCUT2D eigenvalue weighted by molar-refractivity contribution is -0.138. The number of nitrogens with zero attached hydrogens (tertiary/aromatic N) is 4. The first-order valence-electron chi connectivity index (χ1n) is 23.3. The van der Waals surface area contributed by atoms with Crippen molar-refractivity contribution in [2.45, 2.75) is 134 Å². The summed E-state index contributed by atoms with van der Waals surface area (Å²) in [5, 5.41) is 9.12. The largest absolute Gasteiger partial charge is 0.417 e. The Morgan fingerprint density at radius 1 is 0.700 bits per heavy atom. The van der Waals surface area contributed by atoms with Gasteiger partial charge in [0.05, 0.1) is 64.3 Å². The van der Waals surface area contributed by atoms with E-state index in [1.54, 1.807) is 19.1 Å². The molecule has 2 aromatic rings. The Labute approximate surface area is 407 Å². The third-order valence-corrected chi connectivity index (χ3v) is 25.7. The molecule has 2 aromatic carbocycles. The van der Waals surface area contributed by atoms with Gasteiger partial charge in [-0.1, -0.05) is 78.8 Å². The maximum atomic E-state index is 13.7. The van der Waals surface area contributed by atoms with Crippen molar-refractivity contribution >= 4 is 57.3 Å². The molecule has 8 atom stereocenters. The van der Waals surface area contributed by atoms with Crippen molar-refractivity contribution in [2.24, 2.45) is 34.5 Å². The van der Waals surface area contributed by atoms with Crippen LogP contribution in [-0.4, -0.2) is 64.7 Å². The summed E-state index contributed by atoms with van der Waals surface area (Å²) in [6.07, 6.45) is -0.410. The topological polar surface area (TPSA) is 131 Å². The van der Waals surface area contributed by atoms with Crippen molar-refractivity contribution in [1.29, 1.82) is 5.26 Å². The van der Waals surface area contributed by atoms with Crippen molar-refractivity contribution in [3.63, 3.8) is 0 Å². The Morgan fingerprint density at radius 3 is 1.70 bits per heavy atom. The number of imide groups is 2. The van der Waals surface area contributed by atoms with E-state index in [9.17, 15) is 45.5 Å². The maximum Gasteiger partial charge on any atom is 0.417 e. The maximum absolute atomic E-state index is 13.7. The highest BCUT2D eigenvalue weighted by Crippen LogP contribution is 2.68. The molecule has 3 saturated heterocycles. The van der Waals surface area contributed by atoms with Crippen LogP contribution in [-0.2, 0) is 45.1 Å². The van der Waals surface area contributed by atoms with Crippen LogP contribution < -0.4 is 9.80 Å². The number of rotatable bonds is 10. The molecule has 0 spiro atoms. The Morgan fingerprint density at radius 2 is 1.19 bits per heavy atom. The molecule has 4 aliphatic heterocycles. The average Bonchev–Trinajstić information content (AvgIpc) is 4.03. The molecule has 1 saturated carbocycles. The molecule has 2 aliphatic carbocycles. The van der Waals surface area contributed by atoms with Gasteiger partial charge in [-0.25, -0.2) is 14.6 Å². The van der Waals surface area contributed by atoms with E-state index in [1.165, 1.54) is 18.2 Å². The van der Waals surface area contributed by atoms with E-state index in [4.69, 9.17) is 25.4 Å². The normalized spacial score (nSPS) is 30.2. The number of anilines is 2. The molecule has 19 heteroatoms. The highest BCUT2D eigenvalue weighted by molar-refractivity contribution is 6.74. The third-order valence-electron chi connectivity index (χ3n) is 16.6. The average molecular weight is 1010 g/mol. The fourth-order valence-corrected chi connectivity index (χ4v) is 13.0. The Kier molecular flexibility index (Phi) is 12.7. The molecule has 0 radical (unpaired) electrons. The highest BCUT2D eigenvalue weighted by atomic mass is 28.4. The standard InChI is InChI=1S/C26H31F3N2O3Si.C25H29F3N2O4Si/c1-23(2,3)35(5,6)34-12-11-25-10-9-24(4,15-25)19-20(25)22(33)31(21(19)32)17-8-7-16(14-30)18(13-17)26(27,28)29;1-22(2,3)35(6,7)33-13-12-24-11-10-23(4,34-24)18-19(24)21(32)30(20(18)31)15-8-9-17(29-5)16(14-15)25(26,27)28/h7-10,13,19-20H,11-12,15H2,1-6H3;8-11,14,18-19H,12-13H2,1-4,6-7H3/t19-,20+,24?,25?;18-,19+,23?,24?/m01/s1. The van der Waals surface area contributed by atoms with Gasteiger partial charge < -0.3 is 13.6 Å². The molecule has 4 fully saturated rings. The third kappa shape index (κ3) is 8.50. The second-order valence-electron chi connectivity index (χ2n) is 23.1. The second-order valence-corrected chi connectivity index (χ2v) is 32.7. The SMILES string of the molecule is CC12C=CC(CCO[Si](C)(C)C(C)(C)C)(C1)[C@H]1C(=O)N(c3ccc(C#N)c(C(F)(F)F)c3)C(=O)[C@H]12.[C-]#[N+]c1ccc(N2C(=O)[C@@H]3[C@H](C2=O)C2(C)C=CC3(CCO[Si](C)(C)C(C)(C)C)O2)cc1C(F)(F)F. The van der Waals surface area contributed by atoms with E-state index in [1.807, 2.05) is 19.1 Å². The summed E-state index contributed by atoms with van der Waals surface area (Å²) in [7, 11) is -4.07. The van der Waals surface area contributed by atoms with E-state index in [0.29, 0.717) is 38.5 Å². The number of benzene rings is 2. The van der Waals surface area contributed by atoms with Gasteiger partial charge in [-0.2, -0.15) is 31.6 Å². The van der Waals surface area contributed by atoms with Gasteiger partial charge in [0.15, 0.2) is 22.3 Å². The number of hydrogen-bond donors (Lipinski definition) is 0. The smallest absolute Gasteiger partial charge is 0.417 e. The van der Waals surface area contributed by atoms with E-state index in [2.05, 4.69) is 72.6 Å². The van der Waals surface area contributed by atoms with Crippen LogP contribution in [0.25, 0.3) is 4.85 Å². The number of allylic oxidation sites excluding steroid dienone is 2. The van der Waals surface area contributed by atoms with Gasteiger partial charge in [0.1, 0.15) is 5.60 Å². The molecule has 4 bridgehead atoms. The summed E-state index contributed by atoms with van der Waals surface area (Å²) in [5.74, 6) is -5.11. The molecule has 11 nitrogen and oxygen atoms in total. The number of amides is 4. The second kappa shape index (κ2) is 16.8. The van der Waals surface area contributed by atoms with E-state index >= 15 is 0 Å². The van der Waals surface area contributed by atoms with E-state index in [-0.39, 0.29) is 21.5 Å². The van der Waals surface area contributed by atoms with Gasteiger partial charge in [0.25, 0.3) is 0 Å². The van der Waals surface area contributed by atoms with Gasteiger partial charge in [0, 0.05) is 30.7 Å². The number of hydrogen-bond acceptors (Lipinski definition) is 8. The van der Waals surface area contributed by atoms with Gasteiger partial charge in [-0.3, -0.25) is 19.2 Å². The minimum atomic E-state index is -4.80. The predicted molar refractivity (Wildman–Crippen MR) is 254 cm³/mol. The minimum Gasteiger partial charge on any atom is -0.417 e. The predicted octanol–water partition coefficient (Wildman–Crippen LogP) is 11.9.